The maximum atomic E-state index is 5.45. The third-order valence-electron chi connectivity index (χ3n) is 2.53. The Morgan fingerprint density at radius 2 is 1.94 bits per heavy atom. The van der Waals surface area contributed by atoms with Crippen molar-refractivity contribution in [1.29, 1.82) is 0 Å². The molecule has 3 nitrogen and oxygen atoms in total. The van der Waals surface area contributed by atoms with Crippen LogP contribution in [0.1, 0.15) is 37.9 Å². The molecule has 1 N–H and O–H groups in total. The first-order valence-electron chi connectivity index (χ1n) is 6.06. The van der Waals surface area contributed by atoms with Gasteiger partial charge in [-0.3, -0.25) is 0 Å². The topological polar surface area (TPSA) is 30.5 Å². The molecular formula is C14H23NO2. The molecule has 0 bridgehead atoms. The minimum Gasteiger partial charge on any atom is -0.496 e. The summed E-state index contributed by atoms with van der Waals surface area (Å²) in [7, 11) is 1.69. The van der Waals surface area contributed by atoms with Crippen LogP contribution in [-0.2, 0) is 4.84 Å². The molecule has 1 unspecified atom stereocenters. The fourth-order valence-corrected chi connectivity index (χ4v) is 1.60. The fraction of sp³-hybridized carbons (Fsp3) is 0.571. The number of nitrogens with one attached hydrogen (secondary N) is 1. The van der Waals surface area contributed by atoms with Gasteiger partial charge in [-0.05, 0) is 25.8 Å². The van der Waals surface area contributed by atoms with E-state index in [-0.39, 0.29) is 6.04 Å². The maximum Gasteiger partial charge on any atom is 0.123 e. The Balaban J connectivity index is 2.66. The highest BCUT2D eigenvalue weighted by atomic mass is 16.6. The minimum atomic E-state index is 0.114. The van der Waals surface area contributed by atoms with Crippen LogP contribution in [-0.4, -0.2) is 13.7 Å². The second-order valence-electron chi connectivity index (χ2n) is 4.79. The first-order chi connectivity index (χ1) is 8.04. The second-order valence-corrected chi connectivity index (χ2v) is 4.79. The molecule has 0 aliphatic carbocycles. The Hall–Kier alpha value is -1.06. The molecule has 3 heteroatoms. The fourth-order valence-electron chi connectivity index (χ4n) is 1.60. The van der Waals surface area contributed by atoms with Crippen LogP contribution in [0.3, 0.4) is 0 Å². The maximum absolute atomic E-state index is 5.45. The molecule has 0 aliphatic rings. The average molecular weight is 237 g/mol. The Morgan fingerprint density at radius 1 is 1.24 bits per heavy atom. The molecule has 0 saturated carbocycles. The molecule has 0 fully saturated rings. The molecule has 0 radical (unpaired) electrons. The van der Waals surface area contributed by atoms with E-state index in [2.05, 4.69) is 39.2 Å². The molecule has 0 heterocycles. The highest BCUT2D eigenvalue weighted by molar-refractivity contribution is 5.38. The van der Waals surface area contributed by atoms with Crippen molar-refractivity contribution in [2.45, 2.75) is 33.7 Å². The van der Waals surface area contributed by atoms with Crippen LogP contribution < -0.4 is 10.2 Å². The molecule has 0 spiro atoms. The van der Waals surface area contributed by atoms with Crippen LogP contribution >= 0.6 is 0 Å². The van der Waals surface area contributed by atoms with Gasteiger partial charge < -0.3 is 9.57 Å². The standard InChI is InChI=1S/C14H23NO2/c1-10(2)9-17-15-12(4)13-8-11(3)6-7-14(13)16-5/h6-8,10,12,15H,9H2,1-5H3. The molecule has 0 saturated heterocycles. The minimum absolute atomic E-state index is 0.114. The van der Waals surface area contributed by atoms with Gasteiger partial charge in [0.25, 0.3) is 0 Å². The van der Waals surface area contributed by atoms with Crippen LogP contribution in [0.25, 0.3) is 0 Å². The van der Waals surface area contributed by atoms with Gasteiger partial charge in [-0.25, -0.2) is 0 Å². The summed E-state index contributed by atoms with van der Waals surface area (Å²) in [6.07, 6.45) is 0. The predicted molar refractivity (Wildman–Crippen MR) is 70.1 cm³/mol. The quantitative estimate of drug-likeness (QED) is 0.770. The lowest BCUT2D eigenvalue weighted by Gasteiger charge is -2.18. The molecule has 0 aromatic heterocycles. The number of rotatable bonds is 6. The summed E-state index contributed by atoms with van der Waals surface area (Å²) in [4.78, 5) is 5.45. The van der Waals surface area contributed by atoms with Gasteiger partial charge in [-0.2, -0.15) is 5.48 Å². The Kier molecular flexibility index (Phi) is 5.45. The SMILES string of the molecule is COc1ccc(C)cc1C(C)NOCC(C)C. The van der Waals surface area contributed by atoms with Gasteiger partial charge in [-0.1, -0.05) is 31.5 Å². The monoisotopic (exact) mass is 237 g/mol. The van der Waals surface area contributed by atoms with E-state index in [9.17, 15) is 0 Å². The largest absolute Gasteiger partial charge is 0.496 e. The van der Waals surface area contributed by atoms with E-state index in [1.54, 1.807) is 7.11 Å². The summed E-state index contributed by atoms with van der Waals surface area (Å²) >= 11 is 0. The number of benzene rings is 1. The number of hydrogen-bond donors (Lipinski definition) is 1. The molecule has 17 heavy (non-hydrogen) atoms. The van der Waals surface area contributed by atoms with Crippen molar-refractivity contribution in [1.82, 2.24) is 5.48 Å². The molecule has 1 rings (SSSR count). The van der Waals surface area contributed by atoms with Gasteiger partial charge in [0.05, 0.1) is 19.8 Å². The normalized spacial score (nSPS) is 12.8. The van der Waals surface area contributed by atoms with Crippen LogP contribution in [0.5, 0.6) is 5.75 Å². The number of hydroxylamine groups is 1. The van der Waals surface area contributed by atoms with Gasteiger partial charge in [0.2, 0.25) is 0 Å². The Bertz CT molecular complexity index is 350. The van der Waals surface area contributed by atoms with Crippen molar-refractivity contribution in [2.75, 3.05) is 13.7 Å². The molecule has 0 amide bonds. The third kappa shape index (κ3) is 4.36. The van der Waals surface area contributed by atoms with Crippen molar-refractivity contribution in [3.8, 4) is 5.75 Å². The van der Waals surface area contributed by atoms with Crippen molar-refractivity contribution in [3.05, 3.63) is 29.3 Å². The van der Waals surface area contributed by atoms with Crippen molar-refractivity contribution < 1.29 is 9.57 Å². The second kappa shape index (κ2) is 6.62. The average Bonchev–Trinajstić information content (AvgIpc) is 2.28. The van der Waals surface area contributed by atoms with Crippen molar-refractivity contribution in [2.24, 2.45) is 5.92 Å². The highest BCUT2D eigenvalue weighted by Crippen LogP contribution is 2.25. The molecule has 0 aliphatic heterocycles. The third-order valence-corrected chi connectivity index (χ3v) is 2.53. The highest BCUT2D eigenvalue weighted by Gasteiger charge is 2.11. The summed E-state index contributed by atoms with van der Waals surface area (Å²) in [6.45, 7) is 9.10. The lowest BCUT2D eigenvalue weighted by atomic mass is 10.1. The van der Waals surface area contributed by atoms with Crippen LogP contribution in [0.2, 0.25) is 0 Å². The van der Waals surface area contributed by atoms with E-state index in [1.165, 1.54) is 5.56 Å². The Labute approximate surface area is 104 Å². The zero-order valence-electron chi connectivity index (χ0n) is 11.4. The predicted octanol–water partition coefficient (Wildman–Crippen LogP) is 3.24. The summed E-state index contributed by atoms with van der Waals surface area (Å²) < 4.78 is 5.35. The lowest BCUT2D eigenvalue weighted by molar-refractivity contribution is 0.00367. The molecular weight excluding hydrogens is 214 g/mol. The number of methoxy groups -OCH3 is 1. The molecule has 1 aromatic rings. The molecule has 96 valence electrons. The number of ether oxygens (including phenoxy) is 1. The smallest absolute Gasteiger partial charge is 0.123 e. The summed E-state index contributed by atoms with van der Waals surface area (Å²) in [5, 5.41) is 0. The van der Waals surface area contributed by atoms with Gasteiger partial charge in [-0.15, -0.1) is 0 Å². The van der Waals surface area contributed by atoms with E-state index < -0.39 is 0 Å². The van der Waals surface area contributed by atoms with E-state index in [4.69, 9.17) is 9.57 Å². The van der Waals surface area contributed by atoms with E-state index in [0.717, 1.165) is 11.3 Å². The molecule has 1 aromatic carbocycles. The van der Waals surface area contributed by atoms with Crippen LogP contribution in [0, 0.1) is 12.8 Å². The van der Waals surface area contributed by atoms with Crippen LogP contribution in [0.4, 0.5) is 0 Å². The Morgan fingerprint density at radius 3 is 2.53 bits per heavy atom. The van der Waals surface area contributed by atoms with Gasteiger partial charge in [0, 0.05) is 5.56 Å². The first kappa shape index (κ1) is 14.0. The summed E-state index contributed by atoms with van der Waals surface area (Å²) in [6, 6.07) is 6.27. The van der Waals surface area contributed by atoms with E-state index >= 15 is 0 Å². The zero-order valence-corrected chi connectivity index (χ0v) is 11.4. The summed E-state index contributed by atoms with van der Waals surface area (Å²) in [5.41, 5.74) is 5.39. The van der Waals surface area contributed by atoms with Crippen molar-refractivity contribution >= 4 is 0 Å². The van der Waals surface area contributed by atoms with Crippen molar-refractivity contribution in [3.63, 3.8) is 0 Å². The zero-order chi connectivity index (χ0) is 12.8. The van der Waals surface area contributed by atoms with Gasteiger partial charge >= 0.3 is 0 Å². The van der Waals surface area contributed by atoms with E-state index in [0.29, 0.717) is 12.5 Å². The first-order valence-corrected chi connectivity index (χ1v) is 6.06. The van der Waals surface area contributed by atoms with Gasteiger partial charge in [0.15, 0.2) is 0 Å². The summed E-state index contributed by atoms with van der Waals surface area (Å²) in [5.74, 6) is 1.41. The number of aryl methyl sites for hydroxylation is 1. The molecule has 1 atom stereocenters. The van der Waals surface area contributed by atoms with Crippen LogP contribution in [0.15, 0.2) is 18.2 Å². The van der Waals surface area contributed by atoms with Gasteiger partial charge in [0.1, 0.15) is 5.75 Å². The van der Waals surface area contributed by atoms with E-state index in [1.807, 2.05) is 12.1 Å². The number of hydrogen-bond acceptors (Lipinski definition) is 3. The lowest BCUT2D eigenvalue weighted by Crippen LogP contribution is -2.22.